The highest BCUT2D eigenvalue weighted by Gasteiger charge is 2.18. The Morgan fingerprint density at radius 1 is 1.17 bits per heavy atom. The third-order valence-electron chi connectivity index (χ3n) is 4.96. The maximum atomic E-state index is 12.4. The number of nitrogens with zero attached hydrogens (tertiary/aromatic N) is 2. The van der Waals surface area contributed by atoms with E-state index < -0.39 is 0 Å². The molecule has 1 aromatic rings. The predicted octanol–water partition coefficient (Wildman–Crippen LogP) is 3.15. The molecule has 5 heteroatoms. The van der Waals surface area contributed by atoms with E-state index >= 15 is 0 Å². The van der Waals surface area contributed by atoms with Crippen LogP contribution < -0.4 is 10.2 Å². The van der Waals surface area contributed by atoms with Gasteiger partial charge in [0.05, 0.1) is 6.10 Å². The van der Waals surface area contributed by atoms with Gasteiger partial charge in [-0.3, -0.25) is 9.78 Å². The third-order valence-corrected chi connectivity index (χ3v) is 4.96. The first-order valence-corrected chi connectivity index (χ1v) is 9.44. The molecule has 1 amide bonds. The van der Waals surface area contributed by atoms with Gasteiger partial charge < -0.3 is 15.0 Å². The molecule has 1 atom stereocenters. The second-order valence-electron chi connectivity index (χ2n) is 6.85. The monoisotopic (exact) mass is 331 g/mol. The van der Waals surface area contributed by atoms with Crippen LogP contribution in [0.5, 0.6) is 0 Å². The SMILES string of the molecule is O=C(NC[C@H]1CCCO1)c1cc(N2CCCCCCCC2)ccn1. The van der Waals surface area contributed by atoms with Crippen LogP contribution in [0.25, 0.3) is 0 Å². The first-order chi connectivity index (χ1) is 11.8. The lowest BCUT2D eigenvalue weighted by molar-refractivity contribution is 0.0853. The minimum atomic E-state index is -0.100. The normalized spacial score (nSPS) is 22.5. The van der Waals surface area contributed by atoms with Crippen LogP contribution in [-0.2, 0) is 4.74 Å². The summed E-state index contributed by atoms with van der Waals surface area (Å²) in [5, 5.41) is 2.96. The second kappa shape index (κ2) is 9.02. The molecule has 0 unspecified atom stereocenters. The summed E-state index contributed by atoms with van der Waals surface area (Å²) in [6, 6.07) is 3.96. The molecule has 2 aliphatic rings. The summed E-state index contributed by atoms with van der Waals surface area (Å²) in [5.41, 5.74) is 1.62. The van der Waals surface area contributed by atoms with Crippen LogP contribution in [0.15, 0.2) is 18.3 Å². The molecule has 2 saturated heterocycles. The van der Waals surface area contributed by atoms with E-state index in [4.69, 9.17) is 4.74 Å². The fourth-order valence-electron chi connectivity index (χ4n) is 3.53. The molecule has 0 aromatic carbocycles. The summed E-state index contributed by atoms with van der Waals surface area (Å²) in [7, 11) is 0. The highest BCUT2D eigenvalue weighted by atomic mass is 16.5. The Balaban J connectivity index is 1.60. The summed E-state index contributed by atoms with van der Waals surface area (Å²) < 4.78 is 5.55. The zero-order chi connectivity index (χ0) is 16.6. The summed E-state index contributed by atoms with van der Waals surface area (Å²) in [5.74, 6) is -0.100. The molecule has 2 fully saturated rings. The van der Waals surface area contributed by atoms with Crippen LogP contribution in [-0.4, -0.2) is 43.2 Å². The molecule has 1 N–H and O–H groups in total. The molecule has 0 aliphatic carbocycles. The number of carbonyl (C=O) groups is 1. The van der Waals surface area contributed by atoms with Crippen LogP contribution in [0.1, 0.15) is 61.9 Å². The Morgan fingerprint density at radius 3 is 2.62 bits per heavy atom. The third kappa shape index (κ3) is 4.94. The number of rotatable bonds is 4. The van der Waals surface area contributed by atoms with Gasteiger partial charge in [0.15, 0.2) is 0 Å². The molecule has 0 radical (unpaired) electrons. The van der Waals surface area contributed by atoms with E-state index in [-0.39, 0.29) is 12.0 Å². The van der Waals surface area contributed by atoms with Crippen molar-refractivity contribution in [1.82, 2.24) is 10.3 Å². The van der Waals surface area contributed by atoms with Crippen molar-refractivity contribution >= 4 is 11.6 Å². The highest BCUT2D eigenvalue weighted by Crippen LogP contribution is 2.19. The zero-order valence-corrected chi connectivity index (χ0v) is 14.5. The first kappa shape index (κ1) is 17.2. The number of aromatic nitrogens is 1. The number of hydrogen-bond acceptors (Lipinski definition) is 4. The van der Waals surface area contributed by atoms with Gasteiger partial charge in [-0.25, -0.2) is 0 Å². The lowest BCUT2D eigenvalue weighted by Crippen LogP contribution is -2.32. The number of carbonyl (C=O) groups excluding carboxylic acids is 1. The summed E-state index contributed by atoms with van der Waals surface area (Å²) >= 11 is 0. The minimum absolute atomic E-state index is 0.100. The van der Waals surface area contributed by atoms with Crippen LogP contribution >= 0.6 is 0 Å². The number of nitrogens with one attached hydrogen (secondary N) is 1. The van der Waals surface area contributed by atoms with E-state index in [0.717, 1.165) is 38.2 Å². The number of anilines is 1. The molecule has 1 aromatic heterocycles. The van der Waals surface area contributed by atoms with Crippen molar-refractivity contribution in [2.45, 2.75) is 57.5 Å². The van der Waals surface area contributed by atoms with Crippen LogP contribution in [0.4, 0.5) is 5.69 Å². The average molecular weight is 331 g/mol. The smallest absolute Gasteiger partial charge is 0.270 e. The molecule has 2 aliphatic heterocycles. The van der Waals surface area contributed by atoms with Gasteiger partial charge in [0.1, 0.15) is 5.69 Å². The van der Waals surface area contributed by atoms with Gasteiger partial charge in [0.25, 0.3) is 5.91 Å². The van der Waals surface area contributed by atoms with Crippen LogP contribution in [0, 0.1) is 0 Å². The quantitative estimate of drug-likeness (QED) is 0.921. The fraction of sp³-hybridized carbons (Fsp3) is 0.684. The van der Waals surface area contributed by atoms with Crippen molar-refractivity contribution in [3.05, 3.63) is 24.0 Å². The van der Waals surface area contributed by atoms with Gasteiger partial charge in [-0.2, -0.15) is 0 Å². The molecular formula is C19H29N3O2. The molecule has 0 spiro atoms. The Bertz CT molecular complexity index is 519. The number of amides is 1. The summed E-state index contributed by atoms with van der Waals surface area (Å²) in [4.78, 5) is 19.0. The number of ether oxygens (including phenoxy) is 1. The van der Waals surface area contributed by atoms with E-state index in [1.807, 2.05) is 12.1 Å². The predicted molar refractivity (Wildman–Crippen MR) is 95.5 cm³/mol. The van der Waals surface area contributed by atoms with E-state index in [1.165, 1.54) is 38.5 Å². The van der Waals surface area contributed by atoms with Gasteiger partial charge in [0, 0.05) is 38.1 Å². The molecule has 3 rings (SSSR count). The maximum absolute atomic E-state index is 12.4. The van der Waals surface area contributed by atoms with Crippen molar-refractivity contribution in [2.24, 2.45) is 0 Å². The molecular weight excluding hydrogens is 302 g/mol. The highest BCUT2D eigenvalue weighted by molar-refractivity contribution is 5.93. The molecule has 0 bridgehead atoms. The molecule has 5 nitrogen and oxygen atoms in total. The van der Waals surface area contributed by atoms with Crippen molar-refractivity contribution in [3.63, 3.8) is 0 Å². The van der Waals surface area contributed by atoms with E-state index in [2.05, 4.69) is 15.2 Å². The van der Waals surface area contributed by atoms with E-state index in [9.17, 15) is 4.79 Å². The number of hydrogen-bond donors (Lipinski definition) is 1. The van der Waals surface area contributed by atoms with E-state index in [1.54, 1.807) is 6.20 Å². The summed E-state index contributed by atoms with van der Waals surface area (Å²) in [6.07, 6.45) is 11.8. The molecule has 24 heavy (non-hydrogen) atoms. The molecule has 0 saturated carbocycles. The Morgan fingerprint density at radius 2 is 1.92 bits per heavy atom. The van der Waals surface area contributed by atoms with Crippen molar-refractivity contribution in [1.29, 1.82) is 0 Å². The number of pyridine rings is 1. The average Bonchev–Trinajstić information content (AvgIpc) is 3.17. The van der Waals surface area contributed by atoms with Crippen molar-refractivity contribution in [3.8, 4) is 0 Å². The van der Waals surface area contributed by atoms with Gasteiger partial charge >= 0.3 is 0 Å². The van der Waals surface area contributed by atoms with Crippen LogP contribution in [0.2, 0.25) is 0 Å². The summed E-state index contributed by atoms with van der Waals surface area (Å²) in [6.45, 7) is 3.53. The maximum Gasteiger partial charge on any atom is 0.270 e. The van der Waals surface area contributed by atoms with Gasteiger partial charge in [-0.1, -0.05) is 25.7 Å². The Hall–Kier alpha value is -1.62. The van der Waals surface area contributed by atoms with Gasteiger partial charge in [-0.15, -0.1) is 0 Å². The van der Waals surface area contributed by atoms with E-state index in [0.29, 0.717) is 12.2 Å². The van der Waals surface area contributed by atoms with Crippen LogP contribution in [0.3, 0.4) is 0 Å². The molecule has 132 valence electrons. The van der Waals surface area contributed by atoms with Crippen molar-refractivity contribution in [2.75, 3.05) is 31.1 Å². The first-order valence-electron chi connectivity index (χ1n) is 9.44. The lowest BCUT2D eigenvalue weighted by Gasteiger charge is -2.24. The lowest BCUT2D eigenvalue weighted by atomic mass is 10.1. The standard InChI is InChI=1S/C19H29N3O2/c23-19(21-15-17-8-7-13-24-17)18-14-16(9-10-20-18)22-11-5-3-1-2-4-6-12-22/h9-10,14,17H,1-8,11-13,15H2,(H,21,23)/t17-/m1/s1. The topological polar surface area (TPSA) is 54.5 Å². The second-order valence-corrected chi connectivity index (χ2v) is 6.85. The van der Waals surface area contributed by atoms with Crippen molar-refractivity contribution < 1.29 is 9.53 Å². The van der Waals surface area contributed by atoms with Gasteiger partial charge in [-0.05, 0) is 37.8 Å². The Labute approximate surface area is 144 Å². The zero-order valence-electron chi connectivity index (χ0n) is 14.5. The van der Waals surface area contributed by atoms with Gasteiger partial charge in [0.2, 0.25) is 0 Å². The fourth-order valence-corrected chi connectivity index (χ4v) is 3.53. The largest absolute Gasteiger partial charge is 0.376 e. The molecule has 3 heterocycles. The minimum Gasteiger partial charge on any atom is -0.376 e. The Kier molecular flexibility index (Phi) is 6.47.